The molecule has 0 atom stereocenters. The molecule has 1 N–H and O–H groups in total. The van der Waals surface area contributed by atoms with E-state index in [0.29, 0.717) is 0 Å². The summed E-state index contributed by atoms with van der Waals surface area (Å²) in [5.41, 5.74) is 0. The molecule has 0 fully saturated rings. The quantitative estimate of drug-likeness (QED) is 0.320. The zero-order chi connectivity index (χ0) is 8.08. The van der Waals surface area contributed by atoms with Gasteiger partial charge in [-0.1, -0.05) is 0 Å². The van der Waals surface area contributed by atoms with Gasteiger partial charge in [-0.25, -0.2) is 0 Å². The predicted molar refractivity (Wildman–Crippen MR) is 12.6 cm³/mol. The molecule has 0 aliphatic heterocycles. The molecule has 0 saturated heterocycles. The number of hydrogen-bond donors (Lipinski definition) is 1. The Morgan fingerprint density at radius 1 is 1.20 bits per heavy atom. The maximum absolute atomic E-state index is 8.60. The molecule has 10 heavy (non-hydrogen) atoms. The van der Waals surface area contributed by atoms with E-state index in [0.717, 1.165) is 0 Å². The van der Waals surface area contributed by atoms with E-state index in [2.05, 4.69) is 0 Å². The van der Waals surface area contributed by atoms with Gasteiger partial charge >= 0.3 is 0 Å². The first-order chi connectivity index (χ1) is 3.73. The van der Waals surface area contributed by atoms with Crippen LogP contribution in [0.15, 0.2) is 0 Å². The normalized spacial score (nSPS) is 8.40. The third kappa shape index (κ3) is 13700. The number of nitrogens with zero attached hydrogens (tertiary/aromatic N) is 1. The topological polar surface area (TPSA) is 156 Å². The maximum Gasteiger partial charge on any atom is 0.0777 e. The van der Waals surface area contributed by atoms with Crippen molar-refractivity contribution in [1.82, 2.24) is 0 Å². The van der Waals surface area contributed by atoms with Crippen LogP contribution in [0.3, 0.4) is 0 Å². The minimum atomic E-state index is -4.69. The van der Waals surface area contributed by atoms with E-state index in [9.17, 15) is 0 Å². The average Bonchev–Trinajstić information content (AvgIpc) is 1.19. The van der Waals surface area contributed by atoms with Crippen LogP contribution in [-0.2, 0) is 16.8 Å². The fraction of sp³-hybridized carbons (Fsp3) is 0. The Balaban J connectivity index is -0.0000000910. The fourth-order valence-electron chi connectivity index (χ4n) is 0. The minimum absolute atomic E-state index is 0. The van der Waals surface area contributed by atoms with Crippen molar-refractivity contribution in [3.63, 3.8) is 0 Å². The first-order valence-electron chi connectivity index (χ1n) is 1.18. The second-order valence-electron chi connectivity index (χ2n) is 0.620. The molecule has 0 amide bonds. The standard InChI is InChI=1S/ClHO4.Co.NO3/c2-1(3,4)5;;2-1(3)4/h(H,2,3,4,5);;/q;;-1. The van der Waals surface area contributed by atoms with Crippen LogP contribution in [0.25, 0.3) is 0 Å². The summed E-state index contributed by atoms with van der Waals surface area (Å²) in [4.78, 5) is 8.25. The fourth-order valence-corrected chi connectivity index (χ4v) is 0. The summed E-state index contributed by atoms with van der Waals surface area (Å²) in [5, 5.41) is 14.8. The van der Waals surface area contributed by atoms with Gasteiger partial charge in [0.1, 0.15) is 0 Å². The van der Waals surface area contributed by atoms with Crippen LogP contribution in [0.5, 0.6) is 0 Å². The van der Waals surface area contributed by atoms with E-state index < -0.39 is 15.3 Å². The van der Waals surface area contributed by atoms with Crippen LogP contribution in [0.4, 0.5) is 0 Å². The summed E-state index contributed by atoms with van der Waals surface area (Å²) in [6, 6.07) is 0. The van der Waals surface area contributed by atoms with Crippen molar-refractivity contribution >= 4 is 0 Å². The van der Waals surface area contributed by atoms with Gasteiger partial charge in [0.25, 0.3) is 0 Å². The molecule has 0 aliphatic rings. The summed E-state index contributed by atoms with van der Waals surface area (Å²) < 4.78 is 32.7. The Kier molecular flexibility index (Phi) is 11.4. The van der Waals surface area contributed by atoms with Gasteiger partial charge < -0.3 is 15.3 Å². The molecular formula is HClCoNO7-. The van der Waals surface area contributed by atoms with Crippen LogP contribution >= 0.6 is 0 Å². The van der Waals surface area contributed by atoms with Gasteiger partial charge in [-0.05, 0) is 0 Å². The number of halogens is 1. The second-order valence-corrected chi connectivity index (χ2v) is 1.41. The molecule has 0 spiro atoms. The third-order valence-electron chi connectivity index (χ3n) is 0. The van der Waals surface area contributed by atoms with Gasteiger partial charge in [0.05, 0.1) is 20.0 Å². The van der Waals surface area contributed by atoms with Crippen LogP contribution in [0, 0.1) is 25.6 Å². The van der Waals surface area contributed by atoms with Gasteiger partial charge in [-0.3, -0.25) is 0 Å². The maximum atomic E-state index is 8.60. The molecule has 10 heteroatoms. The zero-order valence-corrected chi connectivity index (χ0v) is 5.85. The first-order valence-corrected chi connectivity index (χ1v) is 2.44. The Morgan fingerprint density at radius 2 is 1.20 bits per heavy atom. The third-order valence-corrected chi connectivity index (χ3v) is 0. The van der Waals surface area contributed by atoms with Crippen LogP contribution in [-0.4, -0.2) is 9.75 Å². The van der Waals surface area contributed by atoms with E-state index in [1.807, 2.05) is 0 Å². The molecule has 0 aromatic heterocycles. The van der Waals surface area contributed by atoms with Crippen molar-refractivity contribution in [3.8, 4) is 0 Å². The molecule has 1 radical (unpaired) electrons. The summed E-state index contributed by atoms with van der Waals surface area (Å²) in [7, 11) is -4.69. The molecule has 0 bridgehead atoms. The molecule has 0 aromatic carbocycles. The molecule has 8 nitrogen and oxygen atoms in total. The Labute approximate surface area is 66.7 Å². The summed E-state index contributed by atoms with van der Waals surface area (Å²) in [5.74, 6) is 0. The number of hydrogen-bond acceptors (Lipinski definition) is 7. The number of rotatable bonds is 0. The van der Waals surface area contributed by atoms with Crippen molar-refractivity contribution < 1.29 is 50.7 Å². The van der Waals surface area contributed by atoms with Crippen LogP contribution in [0.1, 0.15) is 0 Å². The molecule has 0 heterocycles. The molecule has 0 aliphatic carbocycles. The van der Waals surface area contributed by atoms with Crippen LogP contribution in [0.2, 0.25) is 0 Å². The summed E-state index contributed by atoms with van der Waals surface area (Å²) >= 11 is 0. The van der Waals surface area contributed by atoms with Gasteiger partial charge in [0.2, 0.25) is 0 Å². The molecule has 65 valence electrons. The summed E-state index contributed by atoms with van der Waals surface area (Å²) in [6.07, 6.45) is 0. The van der Waals surface area contributed by atoms with Gasteiger partial charge in [0, 0.05) is 16.8 Å². The zero-order valence-electron chi connectivity index (χ0n) is 4.06. The predicted octanol–water partition coefficient (Wildman–Crippen LogP) is -4.37. The first kappa shape index (κ1) is 16.4. The Hall–Kier alpha value is -0.164. The van der Waals surface area contributed by atoms with Crippen molar-refractivity contribution in [2.75, 3.05) is 0 Å². The van der Waals surface area contributed by atoms with Crippen molar-refractivity contribution in [1.29, 1.82) is 0 Å². The minimum Gasteiger partial charge on any atom is -0.356 e. The van der Waals surface area contributed by atoms with E-state index in [-0.39, 0.29) is 16.8 Å². The van der Waals surface area contributed by atoms with Crippen molar-refractivity contribution in [3.05, 3.63) is 15.3 Å². The van der Waals surface area contributed by atoms with E-state index in [1.54, 1.807) is 0 Å². The monoisotopic (exact) mass is 221 g/mol. The molecule has 0 rings (SSSR count). The Bertz CT molecular complexity index is 76.1. The van der Waals surface area contributed by atoms with Crippen LogP contribution < -0.4 is 14.0 Å². The average molecular weight is 221 g/mol. The smallest absolute Gasteiger partial charge is 0.0777 e. The molecule has 0 unspecified atom stereocenters. The van der Waals surface area contributed by atoms with Gasteiger partial charge in [-0.15, -0.1) is 0 Å². The Morgan fingerprint density at radius 3 is 1.20 bits per heavy atom. The molecule has 0 saturated carbocycles. The SMILES string of the molecule is O=[N+]([O-])[O-].[Co].[O-][Cl+3]([O-])([O-])O. The van der Waals surface area contributed by atoms with Gasteiger partial charge in [0.15, 0.2) is 0 Å². The largest absolute Gasteiger partial charge is 0.356 e. The van der Waals surface area contributed by atoms with Crippen molar-refractivity contribution in [2.24, 2.45) is 0 Å². The van der Waals surface area contributed by atoms with E-state index in [4.69, 9.17) is 34.0 Å². The van der Waals surface area contributed by atoms with E-state index >= 15 is 0 Å². The van der Waals surface area contributed by atoms with E-state index in [1.165, 1.54) is 0 Å². The molecule has 0 aromatic rings. The molecular weight excluding hydrogens is 220 g/mol. The van der Waals surface area contributed by atoms with Crippen molar-refractivity contribution in [2.45, 2.75) is 0 Å². The second kappa shape index (κ2) is 6.95. The summed E-state index contributed by atoms with van der Waals surface area (Å²) in [6.45, 7) is 0. The van der Waals surface area contributed by atoms with Gasteiger partial charge in [-0.2, -0.15) is 14.0 Å².